The Morgan fingerprint density at radius 2 is 1.44 bits per heavy atom. The van der Waals surface area contributed by atoms with Crippen LogP contribution >= 0.6 is 0 Å². The van der Waals surface area contributed by atoms with Gasteiger partial charge >= 0.3 is 0 Å². The summed E-state index contributed by atoms with van der Waals surface area (Å²) in [6, 6.07) is 11.5. The van der Waals surface area contributed by atoms with Gasteiger partial charge in [0.05, 0.1) is 16.3 Å². The summed E-state index contributed by atoms with van der Waals surface area (Å²) in [6.07, 6.45) is 4.46. The van der Waals surface area contributed by atoms with E-state index in [1.54, 1.807) is 12.1 Å². The number of nitrogens with one attached hydrogen (secondary N) is 1. The van der Waals surface area contributed by atoms with Crippen molar-refractivity contribution in [2.45, 2.75) is 60.8 Å². The minimum atomic E-state index is -3.86. The molecule has 0 bridgehead atoms. The van der Waals surface area contributed by atoms with Crippen LogP contribution in [-0.4, -0.2) is 76.6 Å². The Balaban J connectivity index is 1.16. The number of hydrogen-bond acceptors (Lipinski definition) is 8. The SMILES string of the molecule is O=c1[nH]c(C2CCN(S(=O)(=O)c3ccc(S(=O)(=O)N4CCCCCC4)cc3)CC2)nc2c1nnn2Cc1cccc(F)c1. The van der Waals surface area contributed by atoms with Crippen molar-refractivity contribution in [3.63, 3.8) is 0 Å². The maximum absolute atomic E-state index is 13.7. The number of piperidine rings is 1. The Morgan fingerprint density at radius 3 is 2.05 bits per heavy atom. The first kappa shape index (κ1) is 29.5. The van der Waals surface area contributed by atoms with Crippen molar-refractivity contribution < 1.29 is 21.2 Å². The molecule has 6 rings (SSSR count). The van der Waals surface area contributed by atoms with Gasteiger partial charge in [0.1, 0.15) is 11.6 Å². The maximum atomic E-state index is 13.7. The Morgan fingerprint density at radius 1 is 0.837 bits per heavy atom. The summed E-state index contributed by atoms with van der Waals surface area (Å²) >= 11 is 0. The second-order valence-electron chi connectivity index (χ2n) is 11.0. The summed E-state index contributed by atoms with van der Waals surface area (Å²) < 4.78 is 71.0. The molecule has 2 aliphatic heterocycles. The number of aromatic amines is 1. The molecule has 0 amide bonds. The molecule has 0 unspecified atom stereocenters. The average Bonchev–Trinajstić information content (AvgIpc) is 3.20. The minimum absolute atomic E-state index is 0.0287. The lowest BCUT2D eigenvalue weighted by Gasteiger charge is -2.30. The number of rotatable bonds is 7. The van der Waals surface area contributed by atoms with Gasteiger partial charge in [-0.25, -0.2) is 30.9 Å². The molecule has 2 fully saturated rings. The summed E-state index contributed by atoms with van der Waals surface area (Å²) in [5, 5.41) is 7.97. The van der Waals surface area contributed by atoms with Crippen LogP contribution in [0.1, 0.15) is 55.8 Å². The first-order chi connectivity index (χ1) is 20.6. The molecule has 2 aliphatic rings. The molecular weight excluding hydrogens is 597 g/mol. The second kappa shape index (κ2) is 11.9. The fraction of sp³-hybridized carbons (Fsp3) is 0.429. The van der Waals surface area contributed by atoms with E-state index in [0.717, 1.165) is 25.7 Å². The first-order valence-electron chi connectivity index (χ1n) is 14.3. The van der Waals surface area contributed by atoms with Crippen molar-refractivity contribution in [1.82, 2.24) is 33.6 Å². The highest BCUT2D eigenvalue weighted by Gasteiger charge is 2.32. The number of H-pyrrole nitrogens is 1. The summed E-state index contributed by atoms with van der Waals surface area (Å²) in [5.74, 6) is -0.174. The Kier molecular flexibility index (Phi) is 8.15. The van der Waals surface area contributed by atoms with Gasteiger partial charge in [-0.2, -0.15) is 8.61 Å². The highest BCUT2D eigenvalue weighted by Crippen LogP contribution is 2.30. The van der Waals surface area contributed by atoms with Crippen molar-refractivity contribution in [3.8, 4) is 0 Å². The molecule has 0 atom stereocenters. The van der Waals surface area contributed by atoms with E-state index in [2.05, 4.69) is 20.3 Å². The lowest BCUT2D eigenvalue weighted by atomic mass is 9.97. The number of halogens is 1. The standard InChI is InChI=1S/C28H32FN7O5S2/c29-22-7-5-6-20(18-22)19-36-27-25(32-33-36)28(37)31-26(30-27)21-12-16-35(17-13-21)43(40,41)24-10-8-23(9-11-24)42(38,39)34-14-3-1-2-4-15-34/h5-11,18,21H,1-4,12-17,19H2,(H,30,31,37). The van der Waals surface area contributed by atoms with E-state index >= 15 is 0 Å². The number of benzene rings is 2. The third-order valence-electron chi connectivity index (χ3n) is 8.12. The van der Waals surface area contributed by atoms with Crippen LogP contribution in [0.25, 0.3) is 11.2 Å². The monoisotopic (exact) mass is 629 g/mol. The largest absolute Gasteiger partial charge is 0.308 e. The predicted molar refractivity (Wildman–Crippen MR) is 156 cm³/mol. The van der Waals surface area contributed by atoms with Crippen LogP contribution in [0.15, 0.2) is 63.1 Å². The number of hydrogen-bond donors (Lipinski definition) is 1. The Labute approximate surface area is 248 Å². The van der Waals surface area contributed by atoms with Gasteiger partial charge in [-0.3, -0.25) is 4.79 Å². The number of nitrogens with zero attached hydrogens (tertiary/aromatic N) is 6. The van der Waals surface area contributed by atoms with Crippen LogP contribution < -0.4 is 5.56 Å². The second-order valence-corrected chi connectivity index (χ2v) is 14.8. The predicted octanol–water partition coefficient (Wildman–Crippen LogP) is 2.83. The molecular formula is C28H32FN7O5S2. The zero-order chi connectivity index (χ0) is 30.2. The third-order valence-corrected chi connectivity index (χ3v) is 11.9. The molecule has 4 heterocycles. The molecule has 2 aromatic carbocycles. The average molecular weight is 630 g/mol. The van der Waals surface area contributed by atoms with E-state index in [9.17, 15) is 26.0 Å². The van der Waals surface area contributed by atoms with E-state index in [1.807, 2.05) is 0 Å². The lowest BCUT2D eigenvalue weighted by molar-refractivity contribution is 0.313. The van der Waals surface area contributed by atoms with E-state index in [0.29, 0.717) is 37.3 Å². The summed E-state index contributed by atoms with van der Waals surface area (Å²) in [7, 11) is -7.55. The van der Waals surface area contributed by atoms with Crippen molar-refractivity contribution >= 4 is 31.2 Å². The van der Waals surface area contributed by atoms with Gasteiger partial charge in [0.2, 0.25) is 20.0 Å². The number of fused-ring (bicyclic) bond motifs is 1. The summed E-state index contributed by atoms with van der Waals surface area (Å²) in [4.78, 5) is 20.3. The van der Waals surface area contributed by atoms with Crippen molar-refractivity contribution in [2.24, 2.45) is 0 Å². The van der Waals surface area contributed by atoms with Gasteiger partial charge in [0.15, 0.2) is 11.2 Å². The molecule has 2 saturated heterocycles. The van der Waals surface area contributed by atoms with E-state index in [4.69, 9.17) is 0 Å². The molecule has 2 aromatic heterocycles. The molecule has 0 spiro atoms. The van der Waals surface area contributed by atoms with Gasteiger partial charge in [0.25, 0.3) is 5.56 Å². The molecule has 43 heavy (non-hydrogen) atoms. The molecule has 4 aromatic rings. The van der Waals surface area contributed by atoms with Gasteiger partial charge in [-0.1, -0.05) is 30.2 Å². The molecule has 0 saturated carbocycles. The fourth-order valence-corrected chi connectivity index (χ4v) is 8.71. The number of sulfonamides is 2. The Hall–Kier alpha value is -3.53. The third kappa shape index (κ3) is 5.98. The molecule has 0 radical (unpaired) electrons. The topological polar surface area (TPSA) is 151 Å². The molecule has 12 nitrogen and oxygen atoms in total. The van der Waals surface area contributed by atoms with Gasteiger partial charge in [0, 0.05) is 32.1 Å². The number of aromatic nitrogens is 5. The summed E-state index contributed by atoms with van der Waals surface area (Å²) in [6.45, 7) is 1.51. The van der Waals surface area contributed by atoms with Crippen LogP contribution in [0.4, 0.5) is 4.39 Å². The molecule has 1 N–H and O–H groups in total. The first-order valence-corrected chi connectivity index (χ1v) is 17.2. The van der Waals surface area contributed by atoms with Gasteiger partial charge in [-0.05, 0) is 67.6 Å². The van der Waals surface area contributed by atoms with Crippen molar-refractivity contribution in [3.05, 3.63) is 76.1 Å². The molecule has 228 valence electrons. The fourth-order valence-electron chi connectivity index (χ4n) is 5.72. The van der Waals surface area contributed by atoms with Crippen LogP contribution in [0, 0.1) is 5.82 Å². The van der Waals surface area contributed by atoms with Crippen molar-refractivity contribution in [2.75, 3.05) is 26.2 Å². The van der Waals surface area contributed by atoms with Crippen LogP contribution in [0.5, 0.6) is 0 Å². The van der Waals surface area contributed by atoms with E-state index in [-0.39, 0.29) is 52.3 Å². The molecule has 0 aliphatic carbocycles. The smallest absolute Gasteiger partial charge is 0.281 e. The van der Waals surface area contributed by atoms with E-state index in [1.165, 1.54) is 49.7 Å². The van der Waals surface area contributed by atoms with Crippen LogP contribution in [0.2, 0.25) is 0 Å². The Bertz CT molecular complexity index is 1890. The minimum Gasteiger partial charge on any atom is -0.308 e. The maximum Gasteiger partial charge on any atom is 0.281 e. The van der Waals surface area contributed by atoms with Gasteiger partial charge in [-0.15, -0.1) is 5.10 Å². The zero-order valence-corrected chi connectivity index (χ0v) is 25.0. The van der Waals surface area contributed by atoms with Crippen LogP contribution in [0.3, 0.4) is 0 Å². The van der Waals surface area contributed by atoms with Gasteiger partial charge < -0.3 is 4.98 Å². The molecule has 15 heteroatoms. The van der Waals surface area contributed by atoms with E-state index < -0.39 is 25.6 Å². The highest BCUT2D eigenvalue weighted by molar-refractivity contribution is 7.89. The zero-order valence-electron chi connectivity index (χ0n) is 23.4. The summed E-state index contributed by atoms with van der Waals surface area (Å²) in [5.41, 5.74) is 0.534. The van der Waals surface area contributed by atoms with Crippen molar-refractivity contribution in [1.29, 1.82) is 0 Å². The van der Waals surface area contributed by atoms with Crippen LogP contribution in [-0.2, 0) is 26.6 Å². The highest BCUT2D eigenvalue weighted by atomic mass is 32.2. The normalized spacial score (nSPS) is 18.2. The lowest BCUT2D eigenvalue weighted by Crippen LogP contribution is -2.38. The quantitative estimate of drug-likeness (QED) is 0.328.